The third kappa shape index (κ3) is 1.98. The first-order valence-corrected chi connectivity index (χ1v) is 4.12. The van der Waals surface area contributed by atoms with Crippen LogP contribution in [0.2, 0.25) is 0 Å². The zero-order chi connectivity index (χ0) is 10.0. The van der Waals surface area contributed by atoms with Crippen molar-refractivity contribution in [3.8, 4) is 5.75 Å². The second-order valence-corrected chi connectivity index (χ2v) is 3.07. The molecule has 13 heavy (non-hydrogen) atoms. The van der Waals surface area contributed by atoms with E-state index in [1.807, 2.05) is 0 Å². The molecule has 0 unspecified atom stereocenters. The van der Waals surface area contributed by atoms with Gasteiger partial charge in [0.1, 0.15) is 11.6 Å². The molecule has 1 N–H and O–H groups in total. The number of rotatable bonds is 2. The second kappa shape index (κ2) is 3.74. The van der Waals surface area contributed by atoms with E-state index in [2.05, 4.69) is 15.9 Å². The molecule has 0 fully saturated rings. The number of ether oxygens (including phenoxy) is 1. The number of carboxylic acids is 1. The van der Waals surface area contributed by atoms with E-state index in [4.69, 9.17) is 9.84 Å². The molecular weight excluding hydrogens is 243 g/mol. The molecule has 0 spiro atoms. The van der Waals surface area contributed by atoms with E-state index < -0.39 is 11.8 Å². The summed E-state index contributed by atoms with van der Waals surface area (Å²) < 4.78 is 17.6. The number of methoxy groups -OCH3 is 1. The summed E-state index contributed by atoms with van der Waals surface area (Å²) in [6.45, 7) is 0. The van der Waals surface area contributed by atoms with Crippen LogP contribution in [0.4, 0.5) is 4.39 Å². The standard InChI is InChI=1S/C8H6BrFO3/c1-13-4-2-5(8(11)12)7(9)6(10)3-4/h2-3H,1H3,(H,11,12). The Morgan fingerprint density at radius 2 is 2.23 bits per heavy atom. The van der Waals surface area contributed by atoms with Crippen LogP contribution in [0.5, 0.6) is 5.75 Å². The van der Waals surface area contributed by atoms with Crippen LogP contribution in [-0.2, 0) is 0 Å². The van der Waals surface area contributed by atoms with Crippen LogP contribution in [0.15, 0.2) is 16.6 Å². The highest BCUT2D eigenvalue weighted by Crippen LogP contribution is 2.26. The molecule has 0 heterocycles. The van der Waals surface area contributed by atoms with Crippen molar-refractivity contribution in [1.82, 2.24) is 0 Å². The molecule has 5 heteroatoms. The minimum absolute atomic E-state index is 0.0687. The van der Waals surface area contributed by atoms with Gasteiger partial charge in [0.15, 0.2) is 0 Å². The molecule has 0 aromatic heterocycles. The number of aromatic carboxylic acids is 1. The van der Waals surface area contributed by atoms with Crippen molar-refractivity contribution in [2.24, 2.45) is 0 Å². The van der Waals surface area contributed by atoms with Gasteiger partial charge >= 0.3 is 5.97 Å². The number of benzene rings is 1. The normalized spacial score (nSPS) is 9.77. The molecular formula is C8H6BrFO3. The molecule has 0 bridgehead atoms. The number of halogens is 2. The molecule has 1 aromatic rings. The van der Waals surface area contributed by atoms with Crippen LogP contribution in [0.25, 0.3) is 0 Å². The Labute approximate surface area is 82.3 Å². The maximum Gasteiger partial charge on any atom is 0.337 e. The smallest absolute Gasteiger partial charge is 0.337 e. The summed E-state index contributed by atoms with van der Waals surface area (Å²) in [6.07, 6.45) is 0. The molecule has 0 aliphatic rings. The van der Waals surface area contributed by atoms with Gasteiger partial charge in [-0.2, -0.15) is 0 Å². The van der Waals surface area contributed by atoms with Crippen LogP contribution >= 0.6 is 15.9 Å². The van der Waals surface area contributed by atoms with Crippen molar-refractivity contribution < 1.29 is 19.0 Å². The monoisotopic (exact) mass is 248 g/mol. The summed E-state index contributed by atoms with van der Waals surface area (Å²) in [7, 11) is 1.34. The van der Waals surface area contributed by atoms with Gasteiger partial charge in [0.05, 0.1) is 17.1 Å². The highest BCUT2D eigenvalue weighted by Gasteiger charge is 2.14. The first kappa shape index (κ1) is 9.98. The van der Waals surface area contributed by atoms with Gasteiger partial charge in [-0.25, -0.2) is 9.18 Å². The van der Waals surface area contributed by atoms with E-state index in [1.54, 1.807) is 0 Å². The topological polar surface area (TPSA) is 46.5 Å². The van der Waals surface area contributed by atoms with Crippen molar-refractivity contribution in [3.05, 3.63) is 28.0 Å². The molecule has 0 saturated carbocycles. The zero-order valence-corrected chi connectivity index (χ0v) is 8.26. The van der Waals surface area contributed by atoms with Crippen molar-refractivity contribution in [2.45, 2.75) is 0 Å². The molecule has 0 aliphatic carbocycles. The Hall–Kier alpha value is -1.10. The Morgan fingerprint density at radius 1 is 1.62 bits per heavy atom. The van der Waals surface area contributed by atoms with Crippen LogP contribution < -0.4 is 4.74 Å². The molecule has 1 rings (SSSR count). The van der Waals surface area contributed by atoms with Crippen molar-refractivity contribution >= 4 is 21.9 Å². The predicted molar refractivity (Wildman–Crippen MR) is 47.6 cm³/mol. The average molecular weight is 249 g/mol. The molecule has 0 amide bonds. The lowest BCUT2D eigenvalue weighted by Crippen LogP contribution is -2.00. The Bertz CT molecular complexity index is 351. The van der Waals surface area contributed by atoms with E-state index in [0.29, 0.717) is 0 Å². The highest BCUT2D eigenvalue weighted by molar-refractivity contribution is 9.10. The summed E-state index contributed by atoms with van der Waals surface area (Å²) in [5.74, 6) is -1.68. The zero-order valence-electron chi connectivity index (χ0n) is 6.67. The van der Waals surface area contributed by atoms with Gasteiger partial charge in [0, 0.05) is 6.07 Å². The SMILES string of the molecule is COc1cc(F)c(Br)c(C(=O)O)c1. The molecule has 0 saturated heterocycles. The first-order valence-electron chi connectivity index (χ1n) is 3.32. The van der Waals surface area contributed by atoms with Gasteiger partial charge in [0.25, 0.3) is 0 Å². The van der Waals surface area contributed by atoms with Gasteiger partial charge in [-0.3, -0.25) is 0 Å². The number of hydrogen-bond acceptors (Lipinski definition) is 2. The Morgan fingerprint density at radius 3 is 2.69 bits per heavy atom. The summed E-state index contributed by atoms with van der Waals surface area (Å²) >= 11 is 2.83. The maximum atomic E-state index is 13.0. The number of carbonyl (C=O) groups is 1. The molecule has 0 radical (unpaired) electrons. The minimum Gasteiger partial charge on any atom is -0.497 e. The minimum atomic E-state index is -1.20. The molecule has 0 atom stereocenters. The summed E-state index contributed by atoms with van der Waals surface area (Å²) in [5.41, 5.74) is -0.156. The fraction of sp³-hybridized carbons (Fsp3) is 0.125. The summed E-state index contributed by atoms with van der Waals surface area (Å²) in [5, 5.41) is 8.66. The molecule has 0 aliphatic heterocycles. The van der Waals surface area contributed by atoms with Crippen LogP contribution in [-0.4, -0.2) is 18.2 Å². The van der Waals surface area contributed by atoms with E-state index in [1.165, 1.54) is 13.2 Å². The lowest BCUT2D eigenvalue weighted by atomic mass is 10.2. The van der Waals surface area contributed by atoms with Crippen LogP contribution in [0, 0.1) is 5.82 Å². The first-order chi connectivity index (χ1) is 6.06. The summed E-state index contributed by atoms with van der Waals surface area (Å²) in [4.78, 5) is 10.6. The Kier molecular flexibility index (Phi) is 2.87. The fourth-order valence-corrected chi connectivity index (χ4v) is 1.24. The Balaban J connectivity index is 3.33. The van der Waals surface area contributed by atoms with E-state index in [0.717, 1.165) is 6.07 Å². The second-order valence-electron chi connectivity index (χ2n) is 2.28. The van der Waals surface area contributed by atoms with E-state index in [9.17, 15) is 9.18 Å². The molecule has 70 valence electrons. The van der Waals surface area contributed by atoms with Crippen LogP contribution in [0.3, 0.4) is 0 Å². The van der Waals surface area contributed by atoms with Crippen molar-refractivity contribution in [2.75, 3.05) is 7.11 Å². The lowest BCUT2D eigenvalue weighted by Gasteiger charge is -2.04. The quantitative estimate of drug-likeness (QED) is 0.874. The predicted octanol–water partition coefficient (Wildman–Crippen LogP) is 2.29. The van der Waals surface area contributed by atoms with Gasteiger partial charge in [-0.05, 0) is 22.0 Å². The molecule has 3 nitrogen and oxygen atoms in total. The number of hydrogen-bond donors (Lipinski definition) is 1. The van der Waals surface area contributed by atoms with Crippen LogP contribution in [0.1, 0.15) is 10.4 Å². The molecule has 1 aromatic carbocycles. The number of carboxylic acid groups (broad SMARTS) is 1. The third-order valence-electron chi connectivity index (χ3n) is 1.47. The van der Waals surface area contributed by atoms with E-state index >= 15 is 0 Å². The highest BCUT2D eigenvalue weighted by atomic mass is 79.9. The largest absolute Gasteiger partial charge is 0.497 e. The third-order valence-corrected chi connectivity index (χ3v) is 2.27. The van der Waals surface area contributed by atoms with Crippen molar-refractivity contribution in [3.63, 3.8) is 0 Å². The lowest BCUT2D eigenvalue weighted by molar-refractivity contribution is 0.0695. The van der Waals surface area contributed by atoms with Gasteiger partial charge in [0.2, 0.25) is 0 Å². The van der Waals surface area contributed by atoms with Gasteiger partial charge in [-0.1, -0.05) is 0 Å². The van der Waals surface area contributed by atoms with E-state index in [-0.39, 0.29) is 15.8 Å². The maximum absolute atomic E-state index is 13.0. The fourth-order valence-electron chi connectivity index (χ4n) is 0.838. The van der Waals surface area contributed by atoms with Crippen molar-refractivity contribution in [1.29, 1.82) is 0 Å². The summed E-state index contributed by atoms with van der Waals surface area (Å²) in [6, 6.07) is 2.35. The van der Waals surface area contributed by atoms with Gasteiger partial charge < -0.3 is 9.84 Å². The van der Waals surface area contributed by atoms with Gasteiger partial charge in [-0.15, -0.1) is 0 Å². The average Bonchev–Trinajstić information content (AvgIpc) is 2.09.